The van der Waals surface area contributed by atoms with Crippen LogP contribution in [-0.2, 0) is 33.5 Å². The highest BCUT2D eigenvalue weighted by molar-refractivity contribution is 6.38. The van der Waals surface area contributed by atoms with Crippen molar-refractivity contribution in [3.05, 3.63) is 35.9 Å². The Hall–Kier alpha value is -4.63. The van der Waals surface area contributed by atoms with Crippen LogP contribution in [0.1, 0.15) is 97.6 Å². The molecule has 2 saturated carbocycles. The van der Waals surface area contributed by atoms with Gasteiger partial charge in [-0.3, -0.25) is 28.8 Å². The Labute approximate surface area is 327 Å². The van der Waals surface area contributed by atoms with Crippen LogP contribution in [0.15, 0.2) is 30.3 Å². The van der Waals surface area contributed by atoms with Crippen molar-refractivity contribution in [2.24, 2.45) is 23.7 Å². The minimum absolute atomic E-state index is 0.113. The number of ketones is 1. The van der Waals surface area contributed by atoms with E-state index < -0.39 is 102 Å². The van der Waals surface area contributed by atoms with Gasteiger partial charge in [0, 0.05) is 33.0 Å². The van der Waals surface area contributed by atoms with E-state index in [1.54, 1.807) is 51.1 Å². The Bertz CT molecular complexity index is 1610. The molecule has 1 saturated heterocycles. The zero-order valence-corrected chi connectivity index (χ0v) is 33.5. The van der Waals surface area contributed by atoms with Gasteiger partial charge in [-0.15, -0.1) is 0 Å². The quantitative estimate of drug-likeness (QED) is 0.195. The first kappa shape index (κ1) is 44.1. The fraction of sp³-hybridized carbons (Fsp3) is 0.675. The van der Waals surface area contributed by atoms with Crippen molar-refractivity contribution < 1.29 is 47.1 Å². The Morgan fingerprint density at radius 1 is 0.929 bits per heavy atom. The number of hydrogen-bond donors (Lipinski definition) is 4. The Morgan fingerprint density at radius 2 is 1.55 bits per heavy atom. The first-order valence-corrected chi connectivity index (χ1v) is 19.6. The molecule has 0 radical (unpaired) electrons. The van der Waals surface area contributed by atoms with Crippen molar-refractivity contribution in [2.75, 3.05) is 27.2 Å². The van der Waals surface area contributed by atoms with Crippen LogP contribution in [0, 0.1) is 23.7 Å². The molecule has 0 aromatic heterocycles. The maximum atomic E-state index is 14.4. The molecule has 2 aliphatic carbocycles. The molecule has 1 aromatic carbocycles. The van der Waals surface area contributed by atoms with E-state index in [0.717, 1.165) is 19.3 Å². The molecule has 0 bridgehead atoms. The maximum absolute atomic E-state index is 14.4. The van der Waals surface area contributed by atoms with Crippen LogP contribution in [0.4, 0.5) is 13.6 Å². The van der Waals surface area contributed by atoms with E-state index in [4.69, 9.17) is 4.74 Å². The second-order valence-electron chi connectivity index (χ2n) is 16.8. The summed E-state index contributed by atoms with van der Waals surface area (Å²) in [6, 6.07) is 3.53. The molecule has 6 atom stereocenters. The summed E-state index contributed by atoms with van der Waals surface area (Å²) in [4.78, 5) is 96.9. The normalized spacial score (nSPS) is 22.2. The Balaban J connectivity index is 1.51. The number of carbonyl (C=O) groups excluding carboxylic acids is 7. The number of nitrogens with one attached hydrogen (secondary N) is 4. The summed E-state index contributed by atoms with van der Waals surface area (Å²) in [6.45, 7) is 8.35. The summed E-state index contributed by atoms with van der Waals surface area (Å²) >= 11 is 0. The number of alkyl halides is 2. The molecule has 5 unspecified atom stereocenters. The molecule has 0 spiro atoms. The molecule has 14 nitrogen and oxygen atoms in total. The lowest BCUT2D eigenvalue weighted by atomic mass is 9.83. The van der Waals surface area contributed by atoms with E-state index >= 15 is 0 Å². The van der Waals surface area contributed by atoms with E-state index in [2.05, 4.69) is 21.3 Å². The van der Waals surface area contributed by atoms with Gasteiger partial charge in [-0.05, 0) is 69.8 Å². The number of amides is 6. The van der Waals surface area contributed by atoms with Gasteiger partial charge in [-0.25, -0.2) is 13.6 Å². The van der Waals surface area contributed by atoms with Crippen molar-refractivity contribution in [1.82, 2.24) is 31.1 Å². The van der Waals surface area contributed by atoms with Gasteiger partial charge in [0.15, 0.2) is 0 Å². The number of alkyl carbamates (subject to hydrolysis) is 1. The highest BCUT2D eigenvalue weighted by atomic mass is 19.3. The standard InChI is InChI=1S/C40H58F2N6O8/c1-23(2)27-18-19-48(37(54)31(25-16-12-9-13-17-25)46-38(55)56-39(3,4)5)32(27)34(51)44-28(20-26-21-40(26,41)42)33(50)35(52)43-22-29(49)45-30(36(53)47(6)7)24-14-10-8-11-15-24/h8,10-11,14-15,23,25-28,30-32H,9,12-13,16-22H2,1-7H3,(H,43,52)(H,44,51)(H,45,49)(H,46,55)/t26?,27?,28?,30?,31?,32-/m0/s1. The molecule has 1 aromatic rings. The molecule has 3 aliphatic rings. The second kappa shape index (κ2) is 18.5. The van der Waals surface area contributed by atoms with Gasteiger partial charge in [0.25, 0.3) is 11.8 Å². The molecule has 1 heterocycles. The predicted molar refractivity (Wildman–Crippen MR) is 202 cm³/mol. The molecular weight excluding hydrogens is 730 g/mol. The topological polar surface area (TPSA) is 183 Å². The summed E-state index contributed by atoms with van der Waals surface area (Å²) in [7, 11) is 3.03. The Morgan fingerprint density at radius 3 is 2.11 bits per heavy atom. The molecule has 4 rings (SSSR count). The number of hydrogen-bond acceptors (Lipinski definition) is 8. The van der Waals surface area contributed by atoms with E-state index in [1.807, 2.05) is 13.8 Å². The van der Waals surface area contributed by atoms with Gasteiger partial charge >= 0.3 is 6.09 Å². The fourth-order valence-corrected chi connectivity index (χ4v) is 7.67. The van der Waals surface area contributed by atoms with Gasteiger partial charge < -0.3 is 35.8 Å². The van der Waals surface area contributed by atoms with Crippen molar-refractivity contribution in [2.45, 2.75) is 122 Å². The molecule has 3 fully saturated rings. The molecule has 310 valence electrons. The lowest BCUT2D eigenvalue weighted by Crippen LogP contribution is -2.59. The van der Waals surface area contributed by atoms with Gasteiger partial charge in [0.05, 0.1) is 12.6 Å². The number of likely N-dealkylation sites (tertiary alicyclic amines) is 1. The van der Waals surface area contributed by atoms with Crippen molar-refractivity contribution in [3.63, 3.8) is 0 Å². The number of halogens is 2. The van der Waals surface area contributed by atoms with Gasteiger partial charge in [0.1, 0.15) is 23.7 Å². The second-order valence-corrected chi connectivity index (χ2v) is 16.8. The van der Waals surface area contributed by atoms with E-state index in [9.17, 15) is 42.3 Å². The van der Waals surface area contributed by atoms with E-state index in [1.165, 1.54) is 23.9 Å². The van der Waals surface area contributed by atoms with Crippen LogP contribution in [0.3, 0.4) is 0 Å². The number of Topliss-reactive ketones (excluding diaryl/α,β-unsaturated/α-hetero) is 1. The van der Waals surface area contributed by atoms with Gasteiger partial charge in [-0.2, -0.15) is 0 Å². The van der Waals surface area contributed by atoms with E-state index in [0.29, 0.717) is 24.8 Å². The monoisotopic (exact) mass is 788 g/mol. The minimum Gasteiger partial charge on any atom is -0.444 e. The first-order chi connectivity index (χ1) is 26.2. The van der Waals surface area contributed by atoms with Crippen LogP contribution in [0.5, 0.6) is 0 Å². The largest absolute Gasteiger partial charge is 0.444 e. The fourth-order valence-electron chi connectivity index (χ4n) is 7.67. The summed E-state index contributed by atoms with van der Waals surface area (Å²) in [5, 5.41) is 10.1. The summed E-state index contributed by atoms with van der Waals surface area (Å²) < 4.78 is 33.9. The number of benzene rings is 1. The van der Waals surface area contributed by atoms with Crippen molar-refractivity contribution >= 4 is 41.4 Å². The van der Waals surface area contributed by atoms with Crippen LogP contribution in [0.2, 0.25) is 0 Å². The third kappa shape index (κ3) is 11.7. The number of carbonyl (C=O) groups is 7. The first-order valence-electron chi connectivity index (χ1n) is 19.6. The molecule has 6 amide bonds. The lowest BCUT2D eigenvalue weighted by Gasteiger charge is -2.36. The molecule has 1 aliphatic heterocycles. The van der Waals surface area contributed by atoms with Gasteiger partial charge in [0.2, 0.25) is 29.4 Å². The number of rotatable bonds is 15. The summed E-state index contributed by atoms with van der Waals surface area (Å²) in [5.41, 5.74) is -0.339. The van der Waals surface area contributed by atoms with Crippen LogP contribution in [0.25, 0.3) is 0 Å². The zero-order chi connectivity index (χ0) is 41.5. The summed E-state index contributed by atoms with van der Waals surface area (Å²) in [5.74, 6) is -10.1. The van der Waals surface area contributed by atoms with Crippen LogP contribution in [-0.4, -0.2) is 108 Å². The SMILES string of the molecule is CC(C)C1CCN(C(=O)C(NC(=O)OC(C)(C)C)C2CCCCC2)[C@@H]1C(=O)NC(CC1CC1(F)F)C(=O)C(=O)NCC(=O)NC(C(=O)N(C)C)c1ccccc1. The van der Waals surface area contributed by atoms with Gasteiger partial charge in [-0.1, -0.05) is 63.4 Å². The Kier molecular flexibility index (Phi) is 14.6. The average Bonchev–Trinajstić information content (AvgIpc) is 3.50. The smallest absolute Gasteiger partial charge is 0.408 e. The van der Waals surface area contributed by atoms with Crippen LogP contribution < -0.4 is 21.3 Å². The molecule has 16 heteroatoms. The van der Waals surface area contributed by atoms with E-state index in [-0.39, 0.29) is 24.3 Å². The minimum atomic E-state index is -3.08. The zero-order valence-electron chi connectivity index (χ0n) is 33.5. The number of likely N-dealkylation sites (N-methyl/N-ethyl adjacent to an activating group) is 1. The molecule has 56 heavy (non-hydrogen) atoms. The molecule has 4 N–H and O–H groups in total. The maximum Gasteiger partial charge on any atom is 0.408 e. The predicted octanol–water partition coefficient (Wildman–Crippen LogP) is 3.49. The highest BCUT2D eigenvalue weighted by Crippen LogP contribution is 2.51. The van der Waals surface area contributed by atoms with Crippen molar-refractivity contribution in [1.29, 1.82) is 0 Å². The number of ether oxygens (including phenoxy) is 1. The third-order valence-electron chi connectivity index (χ3n) is 10.8. The summed E-state index contributed by atoms with van der Waals surface area (Å²) in [6.07, 6.45) is 2.69. The van der Waals surface area contributed by atoms with Crippen molar-refractivity contribution in [3.8, 4) is 0 Å². The molecular formula is C40H58F2N6O8. The third-order valence-corrected chi connectivity index (χ3v) is 10.8. The number of nitrogens with zero attached hydrogens (tertiary/aromatic N) is 2. The van der Waals surface area contributed by atoms with Crippen LogP contribution >= 0.6 is 0 Å². The lowest BCUT2D eigenvalue weighted by molar-refractivity contribution is -0.144. The highest BCUT2D eigenvalue weighted by Gasteiger charge is 2.58. The average molecular weight is 789 g/mol.